The van der Waals surface area contributed by atoms with E-state index in [0.29, 0.717) is 16.6 Å². The second-order valence-electron chi connectivity index (χ2n) is 4.25. The van der Waals surface area contributed by atoms with Crippen molar-refractivity contribution in [2.45, 2.75) is 12.5 Å². The lowest BCUT2D eigenvalue weighted by Gasteiger charge is -2.20. The van der Waals surface area contributed by atoms with Crippen molar-refractivity contribution in [3.05, 3.63) is 28.8 Å². The summed E-state index contributed by atoms with van der Waals surface area (Å²) in [4.78, 5) is 13.2. The summed E-state index contributed by atoms with van der Waals surface area (Å²) in [5.41, 5.74) is 6.62. The molecular formula is C12H16ClN3O. The van der Waals surface area contributed by atoms with Gasteiger partial charge in [0.1, 0.15) is 0 Å². The first-order chi connectivity index (χ1) is 8.11. The molecule has 1 atom stereocenters. The molecule has 1 aliphatic heterocycles. The van der Waals surface area contributed by atoms with Gasteiger partial charge in [-0.25, -0.2) is 0 Å². The maximum absolute atomic E-state index is 11.0. The summed E-state index contributed by atoms with van der Waals surface area (Å²) in [6, 6.07) is 5.71. The van der Waals surface area contributed by atoms with E-state index in [1.807, 2.05) is 13.1 Å². The van der Waals surface area contributed by atoms with E-state index in [4.69, 9.17) is 17.3 Å². The second kappa shape index (κ2) is 4.94. The molecule has 2 rings (SSSR count). The molecule has 1 amide bonds. The Bertz CT molecular complexity index is 436. The third-order valence-electron chi connectivity index (χ3n) is 3.17. The molecule has 0 aliphatic carbocycles. The van der Waals surface area contributed by atoms with Crippen molar-refractivity contribution in [3.63, 3.8) is 0 Å². The van der Waals surface area contributed by atoms with E-state index in [1.165, 1.54) is 0 Å². The SMILES string of the molecule is CNC1CCN(c2ccc(C(N)=O)cc2Cl)C1. The monoisotopic (exact) mass is 253 g/mol. The molecule has 1 unspecified atom stereocenters. The van der Waals surface area contributed by atoms with Crippen molar-refractivity contribution >= 4 is 23.2 Å². The molecule has 1 aromatic carbocycles. The molecule has 17 heavy (non-hydrogen) atoms. The van der Waals surface area contributed by atoms with Crippen LogP contribution in [0.25, 0.3) is 0 Å². The van der Waals surface area contributed by atoms with Gasteiger partial charge in [0.25, 0.3) is 0 Å². The van der Waals surface area contributed by atoms with E-state index in [1.54, 1.807) is 12.1 Å². The molecule has 1 aliphatic rings. The molecule has 0 radical (unpaired) electrons. The number of benzene rings is 1. The van der Waals surface area contributed by atoms with Crippen molar-refractivity contribution in [1.29, 1.82) is 0 Å². The van der Waals surface area contributed by atoms with Gasteiger partial charge in [-0.15, -0.1) is 0 Å². The highest BCUT2D eigenvalue weighted by molar-refractivity contribution is 6.33. The van der Waals surface area contributed by atoms with Gasteiger partial charge in [-0.1, -0.05) is 11.6 Å². The zero-order valence-electron chi connectivity index (χ0n) is 9.74. The van der Waals surface area contributed by atoms with E-state index in [2.05, 4.69) is 10.2 Å². The zero-order valence-corrected chi connectivity index (χ0v) is 10.5. The predicted octanol–water partition coefficient (Wildman–Crippen LogP) is 1.24. The first-order valence-corrected chi connectivity index (χ1v) is 6.01. The van der Waals surface area contributed by atoms with Gasteiger partial charge in [0.2, 0.25) is 5.91 Å². The van der Waals surface area contributed by atoms with Gasteiger partial charge in [0, 0.05) is 24.7 Å². The highest BCUT2D eigenvalue weighted by atomic mass is 35.5. The second-order valence-corrected chi connectivity index (χ2v) is 4.66. The molecule has 5 heteroatoms. The third kappa shape index (κ3) is 2.53. The number of nitrogens with two attached hydrogens (primary N) is 1. The Labute approximate surface area is 106 Å². The first-order valence-electron chi connectivity index (χ1n) is 5.63. The van der Waals surface area contributed by atoms with Crippen molar-refractivity contribution in [1.82, 2.24) is 5.32 Å². The number of primary amides is 1. The van der Waals surface area contributed by atoms with Crippen LogP contribution in [-0.2, 0) is 0 Å². The number of anilines is 1. The Hall–Kier alpha value is -1.26. The summed E-state index contributed by atoms with van der Waals surface area (Å²) in [6.45, 7) is 1.91. The molecule has 1 aromatic rings. The summed E-state index contributed by atoms with van der Waals surface area (Å²) in [7, 11) is 1.96. The van der Waals surface area contributed by atoms with Crippen LogP contribution in [0.1, 0.15) is 16.8 Å². The highest BCUT2D eigenvalue weighted by Crippen LogP contribution is 2.29. The smallest absolute Gasteiger partial charge is 0.248 e. The molecule has 92 valence electrons. The van der Waals surface area contributed by atoms with Crippen LogP contribution in [-0.4, -0.2) is 32.1 Å². The van der Waals surface area contributed by atoms with Crippen LogP contribution in [0, 0.1) is 0 Å². The predicted molar refractivity (Wildman–Crippen MR) is 69.6 cm³/mol. The number of carbonyl (C=O) groups excluding carboxylic acids is 1. The summed E-state index contributed by atoms with van der Waals surface area (Å²) in [5, 5.41) is 3.84. The fourth-order valence-electron chi connectivity index (χ4n) is 2.13. The van der Waals surface area contributed by atoms with Gasteiger partial charge < -0.3 is 16.0 Å². The highest BCUT2D eigenvalue weighted by Gasteiger charge is 2.22. The Balaban J connectivity index is 2.20. The van der Waals surface area contributed by atoms with Crippen LogP contribution >= 0.6 is 11.6 Å². The fraction of sp³-hybridized carbons (Fsp3) is 0.417. The molecule has 0 aromatic heterocycles. The number of hydrogen-bond donors (Lipinski definition) is 2. The van der Waals surface area contributed by atoms with Gasteiger partial charge in [0.05, 0.1) is 10.7 Å². The van der Waals surface area contributed by atoms with Gasteiger partial charge in [0.15, 0.2) is 0 Å². The molecule has 4 nitrogen and oxygen atoms in total. The Morgan fingerprint density at radius 3 is 2.88 bits per heavy atom. The first kappa shape index (κ1) is 12.2. The molecule has 1 heterocycles. The number of carbonyl (C=O) groups is 1. The molecule has 0 spiro atoms. The number of rotatable bonds is 3. The van der Waals surface area contributed by atoms with Crippen LogP contribution in [0.15, 0.2) is 18.2 Å². The Kier molecular flexibility index (Phi) is 3.54. The van der Waals surface area contributed by atoms with Crippen LogP contribution < -0.4 is 16.0 Å². The molecule has 1 saturated heterocycles. The van der Waals surface area contributed by atoms with E-state index < -0.39 is 5.91 Å². The fourth-order valence-corrected chi connectivity index (χ4v) is 2.43. The minimum atomic E-state index is -0.451. The van der Waals surface area contributed by atoms with Crippen LogP contribution in [0.3, 0.4) is 0 Å². The lowest BCUT2D eigenvalue weighted by molar-refractivity contribution is 0.100. The van der Waals surface area contributed by atoms with E-state index in [9.17, 15) is 4.79 Å². The standard InChI is InChI=1S/C12H16ClN3O/c1-15-9-4-5-16(7-9)11-3-2-8(12(14)17)6-10(11)13/h2-3,6,9,15H,4-5,7H2,1H3,(H2,14,17). The number of likely N-dealkylation sites (N-methyl/N-ethyl adjacent to an activating group) is 1. The third-order valence-corrected chi connectivity index (χ3v) is 3.47. The molecule has 1 fully saturated rings. The summed E-state index contributed by atoms with van der Waals surface area (Å²) >= 11 is 6.17. The summed E-state index contributed by atoms with van der Waals surface area (Å²) < 4.78 is 0. The average Bonchev–Trinajstić information content (AvgIpc) is 2.77. The average molecular weight is 254 g/mol. The minimum absolute atomic E-state index is 0.447. The molecule has 0 saturated carbocycles. The number of nitrogens with zero attached hydrogens (tertiary/aromatic N) is 1. The van der Waals surface area contributed by atoms with Crippen LogP contribution in [0.4, 0.5) is 5.69 Å². The van der Waals surface area contributed by atoms with Crippen molar-refractivity contribution in [2.75, 3.05) is 25.0 Å². The summed E-state index contributed by atoms with van der Waals surface area (Å²) in [5.74, 6) is -0.451. The topological polar surface area (TPSA) is 58.4 Å². The maximum Gasteiger partial charge on any atom is 0.248 e. The van der Waals surface area contributed by atoms with Gasteiger partial charge in [-0.3, -0.25) is 4.79 Å². The van der Waals surface area contributed by atoms with Gasteiger partial charge >= 0.3 is 0 Å². The van der Waals surface area contributed by atoms with Crippen molar-refractivity contribution < 1.29 is 4.79 Å². The molecule has 0 bridgehead atoms. The normalized spacial score (nSPS) is 19.6. The zero-order chi connectivity index (χ0) is 12.4. The Morgan fingerprint density at radius 1 is 1.59 bits per heavy atom. The van der Waals surface area contributed by atoms with Gasteiger partial charge in [-0.2, -0.15) is 0 Å². The number of amides is 1. The number of nitrogens with one attached hydrogen (secondary N) is 1. The molecule has 3 N–H and O–H groups in total. The number of hydrogen-bond acceptors (Lipinski definition) is 3. The lowest BCUT2D eigenvalue weighted by Crippen LogP contribution is -2.29. The molecular weight excluding hydrogens is 238 g/mol. The Morgan fingerprint density at radius 2 is 2.35 bits per heavy atom. The maximum atomic E-state index is 11.0. The quantitative estimate of drug-likeness (QED) is 0.852. The van der Waals surface area contributed by atoms with Crippen LogP contribution in [0.2, 0.25) is 5.02 Å². The van der Waals surface area contributed by atoms with Crippen LogP contribution in [0.5, 0.6) is 0 Å². The summed E-state index contributed by atoms with van der Waals surface area (Å²) in [6.07, 6.45) is 1.10. The largest absolute Gasteiger partial charge is 0.369 e. The lowest BCUT2D eigenvalue weighted by atomic mass is 10.2. The van der Waals surface area contributed by atoms with Crippen molar-refractivity contribution in [3.8, 4) is 0 Å². The van der Waals surface area contributed by atoms with Gasteiger partial charge in [-0.05, 0) is 31.7 Å². The van der Waals surface area contributed by atoms with E-state index in [-0.39, 0.29) is 0 Å². The van der Waals surface area contributed by atoms with E-state index in [0.717, 1.165) is 25.2 Å². The van der Waals surface area contributed by atoms with E-state index >= 15 is 0 Å². The van der Waals surface area contributed by atoms with Crippen molar-refractivity contribution in [2.24, 2.45) is 5.73 Å². The minimum Gasteiger partial charge on any atom is -0.369 e. The number of halogens is 1.